The molecule has 0 aromatic heterocycles. The number of rotatable bonds is 11. The number of carbonyl (C=O) groups is 1. The first-order valence-electron chi connectivity index (χ1n) is 13.3. The highest BCUT2D eigenvalue weighted by Gasteiger charge is 2.31. The average Bonchev–Trinajstić information content (AvgIpc) is 3.33. The molecule has 0 saturated carbocycles. The van der Waals surface area contributed by atoms with Crippen LogP contribution in [-0.2, 0) is 29.2 Å². The Balaban J connectivity index is 1.44. The van der Waals surface area contributed by atoms with Crippen LogP contribution in [0.1, 0.15) is 29.5 Å². The maximum absolute atomic E-state index is 13.8. The molecule has 0 unspecified atom stereocenters. The zero-order valence-corrected chi connectivity index (χ0v) is 21.7. The molecule has 0 atom stereocenters. The highest BCUT2D eigenvalue weighted by atomic mass is 16.5. The molecule has 0 spiro atoms. The van der Waals surface area contributed by atoms with E-state index >= 15 is 0 Å². The number of amides is 1. The van der Waals surface area contributed by atoms with Gasteiger partial charge in [-0.15, -0.1) is 0 Å². The summed E-state index contributed by atoms with van der Waals surface area (Å²) in [6, 6.07) is 41.3. The van der Waals surface area contributed by atoms with E-state index in [9.17, 15) is 4.79 Å². The van der Waals surface area contributed by atoms with Crippen LogP contribution in [0.5, 0.6) is 0 Å². The average molecular weight is 503 g/mol. The van der Waals surface area contributed by atoms with E-state index in [-0.39, 0.29) is 5.91 Å². The van der Waals surface area contributed by atoms with Crippen LogP contribution in [0, 0.1) is 0 Å². The minimum Gasteiger partial charge on any atom is -0.376 e. The Bertz CT molecular complexity index is 1320. The lowest BCUT2D eigenvalue weighted by Gasteiger charge is -2.30. The molecule has 1 amide bonds. The van der Waals surface area contributed by atoms with Gasteiger partial charge in [0, 0.05) is 43.0 Å². The molecule has 4 nitrogen and oxygen atoms in total. The van der Waals surface area contributed by atoms with Crippen molar-refractivity contribution < 1.29 is 9.53 Å². The normalized spacial score (nSPS) is 14.5. The van der Waals surface area contributed by atoms with Crippen LogP contribution in [0.25, 0.3) is 0 Å². The molecule has 4 aromatic rings. The molecule has 0 aliphatic carbocycles. The Hall–Kier alpha value is -4.15. The monoisotopic (exact) mass is 502 g/mol. The van der Waals surface area contributed by atoms with E-state index in [1.807, 2.05) is 53.4 Å². The van der Waals surface area contributed by atoms with E-state index in [0.29, 0.717) is 32.7 Å². The van der Waals surface area contributed by atoms with Gasteiger partial charge in [0.2, 0.25) is 0 Å². The van der Waals surface area contributed by atoms with E-state index in [0.717, 1.165) is 41.1 Å². The van der Waals surface area contributed by atoms with Crippen molar-refractivity contribution >= 4 is 11.6 Å². The molecule has 4 heteroatoms. The summed E-state index contributed by atoms with van der Waals surface area (Å²) in [6.07, 6.45) is 1.40. The van der Waals surface area contributed by atoms with Crippen molar-refractivity contribution in [3.8, 4) is 0 Å². The number of nitrogens with zero attached hydrogens (tertiary/aromatic N) is 2. The molecule has 1 heterocycles. The van der Waals surface area contributed by atoms with Crippen molar-refractivity contribution in [3.05, 3.63) is 149 Å². The van der Waals surface area contributed by atoms with Crippen LogP contribution < -0.4 is 4.90 Å². The highest BCUT2D eigenvalue weighted by Crippen LogP contribution is 2.31. The number of hydrogen-bond acceptors (Lipinski definition) is 3. The van der Waals surface area contributed by atoms with Gasteiger partial charge in [-0.3, -0.25) is 4.79 Å². The maximum Gasteiger partial charge on any atom is 0.251 e. The Morgan fingerprint density at radius 3 is 1.89 bits per heavy atom. The first kappa shape index (κ1) is 25.5. The summed E-state index contributed by atoms with van der Waals surface area (Å²) < 4.78 is 6.12. The second-order valence-electron chi connectivity index (χ2n) is 9.58. The SMILES string of the molecule is O=C1/C(=C(\CCOCc2ccccc2)N(Cc2ccccc2)c2ccccc2)CCN1Cc1ccccc1. The zero-order valence-electron chi connectivity index (χ0n) is 21.7. The van der Waals surface area contributed by atoms with Gasteiger partial charge in [-0.1, -0.05) is 109 Å². The zero-order chi connectivity index (χ0) is 26.0. The molecule has 1 aliphatic heterocycles. The number of hydrogen-bond donors (Lipinski definition) is 0. The van der Waals surface area contributed by atoms with Gasteiger partial charge in [0.1, 0.15) is 0 Å². The minimum absolute atomic E-state index is 0.126. The number of likely N-dealkylation sites (tertiary alicyclic amines) is 1. The Morgan fingerprint density at radius 1 is 0.711 bits per heavy atom. The Morgan fingerprint density at radius 2 is 1.26 bits per heavy atom. The van der Waals surface area contributed by atoms with Crippen molar-refractivity contribution in [2.45, 2.75) is 32.5 Å². The van der Waals surface area contributed by atoms with Crippen LogP contribution in [0.3, 0.4) is 0 Å². The fourth-order valence-corrected chi connectivity index (χ4v) is 4.97. The summed E-state index contributed by atoms with van der Waals surface area (Å²) in [7, 11) is 0. The Labute approximate surface area is 225 Å². The summed E-state index contributed by atoms with van der Waals surface area (Å²) in [4.78, 5) is 18.1. The molecule has 1 fully saturated rings. The van der Waals surface area contributed by atoms with Crippen molar-refractivity contribution in [1.82, 2.24) is 4.90 Å². The maximum atomic E-state index is 13.8. The van der Waals surface area contributed by atoms with Crippen LogP contribution in [0.4, 0.5) is 5.69 Å². The third kappa shape index (κ3) is 6.58. The van der Waals surface area contributed by atoms with Crippen LogP contribution in [0.15, 0.2) is 133 Å². The molecule has 1 aliphatic rings. The van der Waals surface area contributed by atoms with Crippen LogP contribution in [-0.4, -0.2) is 24.0 Å². The van der Waals surface area contributed by atoms with Crippen molar-refractivity contribution in [2.75, 3.05) is 18.1 Å². The van der Waals surface area contributed by atoms with Crippen molar-refractivity contribution in [1.29, 1.82) is 0 Å². The van der Waals surface area contributed by atoms with E-state index in [1.165, 1.54) is 5.56 Å². The van der Waals surface area contributed by atoms with Gasteiger partial charge < -0.3 is 14.5 Å². The van der Waals surface area contributed by atoms with E-state index in [2.05, 4.69) is 77.7 Å². The highest BCUT2D eigenvalue weighted by molar-refractivity contribution is 5.97. The molecule has 0 N–H and O–H groups in total. The topological polar surface area (TPSA) is 32.8 Å². The minimum atomic E-state index is 0.126. The standard InChI is InChI=1S/C34H34N2O2/c37-34-32(21-23-35(34)25-28-13-5-1-6-14-28)33(22-24-38-27-30-17-9-3-10-18-30)36(31-19-11-4-12-20-31)26-29-15-7-2-8-16-29/h1-20H,21-27H2/b33-32+. The molecule has 4 aromatic carbocycles. The lowest BCUT2D eigenvalue weighted by atomic mass is 10.1. The molecule has 192 valence electrons. The predicted octanol–water partition coefficient (Wildman–Crippen LogP) is 6.99. The van der Waals surface area contributed by atoms with Crippen LogP contribution in [0.2, 0.25) is 0 Å². The second-order valence-corrected chi connectivity index (χ2v) is 9.58. The van der Waals surface area contributed by atoms with Gasteiger partial charge in [-0.05, 0) is 35.2 Å². The largest absolute Gasteiger partial charge is 0.376 e. The fourth-order valence-electron chi connectivity index (χ4n) is 4.97. The molecule has 0 bridgehead atoms. The number of anilines is 1. The smallest absolute Gasteiger partial charge is 0.251 e. The summed E-state index contributed by atoms with van der Waals surface area (Å²) in [6.45, 7) is 3.14. The van der Waals surface area contributed by atoms with Gasteiger partial charge in [-0.2, -0.15) is 0 Å². The summed E-state index contributed by atoms with van der Waals surface area (Å²) in [5.41, 5.74) is 6.52. The Kier molecular flexibility index (Phi) is 8.65. The lowest BCUT2D eigenvalue weighted by molar-refractivity contribution is -0.125. The fraction of sp³-hybridized carbons (Fsp3) is 0.206. The molecule has 0 radical (unpaired) electrons. The van der Waals surface area contributed by atoms with Crippen molar-refractivity contribution in [3.63, 3.8) is 0 Å². The van der Waals surface area contributed by atoms with Crippen LogP contribution >= 0.6 is 0 Å². The summed E-state index contributed by atoms with van der Waals surface area (Å²) >= 11 is 0. The molecule has 38 heavy (non-hydrogen) atoms. The number of para-hydroxylation sites is 1. The van der Waals surface area contributed by atoms with E-state index in [1.54, 1.807) is 0 Å². The van der Waals surface area contributed by atoms with Gasteiger partial charge in [0.05, 0.1) is 13.2 Å². The number of benzene rings is 4. The van der Waals surface area contributed by atoms with Gasteiger partial charge in [0.15, 0.2) is 0 Å². The first-order valence-corrected chi connectivity index (χ1v) is 13.3. The summed E-state index contributed by atoms with van der Waals surface area (Å²) in [5, 5.41) is 0. The first-order chi connectivity index (χ1) is 18.8. The van der Waals surface area contributed by atoms with E-state index < -0.39 is 0 Å². The molecular weight excluding hydrogens is 468 g/mol. The quantitative estimate of drug-likeness (QED) is 0.164. The van der Waals surface area contributed by atoms with Gasteiger partial charge in [-0.25, -0.2) is 0 Å². The molecule has 5 rings (SSSR count). The second kappa shape index (κ2) is 12.9. The third-order valence-corrected chi connectivity index (χ3v) is 6.91. The number of carbonyl (C=O) groups excluding carboxylic acids is 1. The van der Waals surface area contributed by atoms with Gasteiger partial charge in [0.25, 0.3) is 5.91 Å². The van der Waals surface area contributed by atoms with Crippen molar-refractivity contribution in [2.24, 2.45) is 0 Å². The third-order valence-electron chi connectivity index (χ3n) is 6.91. The molecular formula is C34H34N2O2. The van der Waals surface area contributed by atoms with E-state index in [4.69, 9.17) is 4.74 Å². The van der Waals surface area contributed by atoms with Gasteiger partial charge >= 0.3 is 0 Å². The summed E-state index contributed by atoms with van der Waals surface area (Å²) in [5.74, 6) is 0.126. The predicted molar refractivity (Wildman–Crippen MR) is 153 cm³/mol. The number of ether oxygens (including phenoxy) is 1. The molecule has 1 saturated heterocycles. The lowest BCUT2D eigenvalue weighted by Crippen LogP contribution is -2.28.